The quantitative estimate of drug-likeness (QED) is 0.617. The maximum Gasteiger partial charge on any atom is 0.291 e. The van der Waals surface area contributed by atoms with Crippen LogP contribution in [0.2, 0.25) is 5.02 Å². The Hall–Kier alpha value is -2.26. The van der Waals surface area contributed by atoms with Gasteiger partial charge in [-0.15, -0.1) is 0 Å². The van der Waals surface area contributed by atoms with Gasteiger partial charge in [0.25, 0.3) is 5.91 Å². The summed E-state index contributed by atoms with van der Waals surface area (Å²) in [6, 6.07) is 13.4. The van der Waals surface area contributed by atoms with E-state index in [-0.39, 0.29) is 5.91 Å². The Bertz CT molecular complexity index is 898. The van der Waals surface area contributed by atoms with Crippen LogP contribution in [0.5, 0.6) is 0 Å². The Balaban J connectivity index is 1.97. The molecule has 0 unspecified atom stereocenters. The smallest absolute Gasteiger partial charge is 0.291 e. The molecule has 0 fully saturated rings. The maximum atomic E-state index is 12.7. The van der Waals surface area contributed by atoms with Gasteiger partial charge < -0.3 is 9.73 Å². The van der Waals surface area contributed by atoms with Crippen LogP contribution in [0.1, 0.15) is 47.9 Å². The van der Waals surface area contributed by atoms with E-state index in [0.717, 1.165) is 28.6 Å². The van der Waals surface area contributed by atoms with E-state index in [1.165, 1.54) is 0 Å². The van der Waals surface area contributed by atoms with Gasteiger partial charge in [0, 0.05) is 16.6 Å². The highest BCUT2D eigenvalue weighted by Crippen LogP contribution is 2.32. The van der Waals surface area contributed by atoms with E-state index in [9.17, 15) is 4.79 Å². The second-order valence-corrected chi connectivity index (χ2v) is 6.43. The predicted octanol–water partition coefficient (Wildman–Crippen LogP) is 6.16. The van der Waals surface area contributed by atoms with Gasteiger partial charge in [-0.3, -0.25) is 4.79 Å². The fourth-order valence-electron chi connectivity index (χ4n) is 2.86. The van der Waals surface area contributed by atoms with Crippen LogP contribution in [0, 0.1) is 6.92 Å². The number of hydrogen-bond donors (Lipinski definition) is 1. The minimum Gasteiger partial charge on any atom is -0.449 e. The van der Waals surface area contributed by atoms with E-state index in [1.54, 1.807) is 6.07 Å². The molecular weight excluding hydrogens is 322 g/mol. The number of halogens is 1. The molecule has 0 spiro atoms. The van der Waals surface area contributed by atoms with E-state index >= 15 is 0 Å². The third kappa shape index (κ3) is 2.92. The maximum absolute atomic E-state index is 12.7. The lowest BCUT2D eigenvalue weighted by molar-refractivity contribution is 0.0998. The highest BCUT2D eigenvalue weighted by atomic mass is 35.5. The molecule has 0 aliphatic carbocycles. The summed E-state index contributed by atoms with van der Waals surface area (Å²) in [6.45, 7) is 6.16. The lowest BCUT2D eigenvalue weighted by Gasteiger charge is -2.15. The fourth-order valence-corrected chi connectivity index (χ4v) is 3.08. The van der Waals surface area contributed by atoms with Crippen molar-refractivity contribution in [2.24, 2.45) is 0 Å². The summed E-state index contributed by atoms with van der Waals surface area (Å²) in [5.74, 6) is 0.417. The molecule has 4 heteroatoms. The fraction of sp³-hybridized carbons (Fsp3) is 0.250. The van der Waals surface area contributed by atoms with Crippen molar-refractivity contribution in [1.82, 2.24) is 0 Å². The highest BCUT2D eigenvalue weighted by molar-refractivity contribution is 6.35. The second kappa shape index (κ2) is 6.70. The first-order valence-corrected chi connectivity index (χ1v) is 8.48. The summed E-state index contributed by atoms with van der Waals surface area (Å²) in [5, 5.41) is 4.36. The molecule has 124 valence electrons. The van der Waals surface area contributed by atoms with Crippen molar-refractivity contribution in [2.45, 2.75) is 33.1 Å². The number of carbonyl (C=O) groups is 1. The highest BCUT2D eigenvalue weighted by Gasteiger charge is 2.20. The molecule has 1 aromatic heterocycles. The molecule has 0 aliphatic heterocycles. The average Bonchev–Trinajstić information content (AvgIpc) is 2.93. The average molecular weight is 342 g/mol. The van der Waals surface area contributed by atoms with E-state index in [1.807, 2.05) is 43.3 Å². The van der Waals surface area contributed by atoms with Crippen molar-refractivity contribution in [3.8, 4) is 0 Å². The summed E-state index contributed by atoms with van der Waals surface area (Å²) in [7, 11) is 0. The summed E-state index contributed by atoms with van der Waals surface area (Å²) in [6.07, 6.45) is 1.01. The molecule has 2 aromatic carbocycles. The van der Waals surface area contributed by atoms with Crippen LogP contribution >= 0.6 is 11.6 Å². The van der Waals surface area contributed by atoms with Crippen molar-refractivity contribution < 1.29 is 9.21 Å². The van der Waals surface area contributed by atoms with Gasteiger partial charge in [-0.25, -0.2) is 0 Å². The number of benzene rings is 2. The van der Waals surface area contributed by atoms with Gasteiger partial charge in [0.15, 0.2) is 11.3 Å². The van der Waals surface area contributed by atoms with Gasteiger partial charge in [-0.05, 0) is 37.0 Å². The topological polar surface area (TPSA) is 42.2 Å². The molecule has 1 N–H and O–H groups in total. The van der Waals surface area contributed by atoms with Crippen molar-refractivity contribution in [3.63, 3.8) is 0 Å². The standard InChI is InChI=1S/C20H20ClNO2/c1-4-12(2)14-8-5-6-11-17(14)22-20(23)18-13(3)15-9-7-10-16(21)19(15)24-18/h5-12H,4H2,1-3H3,(H,22,23)/t12-/m0/s1. The first-order valence-electron chi connectivity index (χ1n) is 8.10. The van der Waals surface area contributed by atoms with Gasteiger partial charge in [0.2, 0.25) is 0 Å². The van der Waals surface area contributed by atoms with Crippen LogP contribution in [0.4, 0.5) is 5.69 Å². The number of aryl methyl sites for hydroxylation is 1. The Morgan fingerprint density at radius 2 is 1.96 bits per heavy atom. The first kappa shape index (κ1) is 16.6. The van der Waals surface area contributed by atoms with Gasteiger partial charge in [-0.2, -0.15) is 0 Å². The molecular formula is C20H20ClNO2. The largest absolute Gasteiger partial charge is 0.449 e. The third-order valence-corrected chi connectivity index (χ3v) is 4.77. The number of anilines is 1. The molecule has 0 aliphatic rings. The van der Waals surface area contributed by atoms with Crippen LogP contribution in [-0.2, 0) is 0 Å². The van der Waals surface area contributed by atoms with Crippen molar-refractivity contribution >= 4 is 34.2 Å². The Labute approximate surface area is 146 Å². The number of fused-ring (bicyclic) bond motifs is 1. The summed E-state index contributed by atoms with van der Waals surface area (Å²) >= 11 is 6.17. The van der Waals surface area contributed by atoms with Crippen LogP contribution in [0.15, 0.2) is 46.9 Å². The zero-order chi connectivity index (χ0) is 17.3. The van der Waals surface area contributed by atoms with Crippen LogP contribution in [-0.4, -0.2) is 5.91 Å². The predicted molar refractivity (Wildman–Crippen MR) is 99.1 cm³/mol. The second-order valence-electron chi connectivity index (χ2n) is 6.02. The lowest BCUT2D eigenvalue weighted by Crippen LogP contribution is -2.14. The first-order chi connectivity index (χ1) is 11.5. The normalized spacial score (nSPS) is 12.3. The van der Waals surface area contributed by atoms with Gasteiger partial charge in [0.05, 0.1) is 5.02 Å². The number of furan rings is 1. The molecule has 0 radical (unpaired) electrons. The zero-order valence-corrected chi connectivity index (χ0v) is 14.8. The van der Waals surface area contributed by atoms with Gasteiger partial charge in [-0.1, -0.05) is 55.8 Å². The van der Waals surface area contributed by atoms with Crippen LogP contribution in [0.25, 0.3) is 11.0 Å². The third-order valence-electron chi connectivity index (χ3n) is 4.47. The number of carbonyl (C=O) groups excluding carboxylic acids is 1. The molecule has 24 heavy (non-hydrogen) atoms. The van der Waals surface area contributed by atoms with Crippen molar-refractivity contribution in [1.29, 1.82) is 0 Å². The van der Waals surface area contributed by atoms with E-state index in [4.69, 9.17) is 16.0 Å². The minimum atomic E-state index is -0.254. The van der Waals surface area contributed by atoms with Crippen molar-refractivity contribution in [3.05, 3.63) is 64.4 Å². The summed E-state index contributed by atoms with van der Waals surface area (Å²) in [4.78, 5) is 12.7. The minimum absolute atomic E-state index is 0.254. The molecule has 1 heterocycles. The van der Waals surface area contributed by atoms with E-state index in [2.05, 4.69) is 19.2 Å². The molecule has 1 amide bonds. The molecule has 0 saturated carbocycles. The lowest BCUT2D eigenvalue weighted by atomic mass is 9.97. The Kier molecular flexibility index (Phi) is 4.63. The number of para-hydroxylation sites is 2. The van der Waals surface area contributed by atoms with Gasteiger partial charge in [0.1, 0.15) is 0 Å². The van der Waals surface area contributed by atoms with Crippen molar-refractivity contribution in [2.75, 3.05) is 5.32 Å². The number of nitrogens with one attached hydrogen (secondary N) is 1. The zero-order valence-electron chi connectivity index (χ0n) is 14.0. The molecule has 0 bridgehead atoms. The van der Waals surface area contributed by atoms with E-state index in [0.29, 0.717) is 22.3 Å². The number of amides is 1. The van der Waals surface area contributed by atoms with Gasteiger partial charge >= 0.3 is 0 Å². The monoisotopic (exact) mass is 341 g/mol. The Morgan fingerprint density at radius 1 is 1.21 bits per heavy atom. The summed E-state index contributed by atoms with van der Waals surface area (Å²) < 4.78 is 5.75. The Morgan fingerprint density at radius 3 is 2.67 bits per heavy atom. The molecule has 3 aromatic rings. The molecule has 1 atom stereocenters. The van der Waals surface area contributed by atoms with Crippen LogP contribution < -0.4 is 5.32 Å². The molecule has 3 rings (SSSR count). The number of hydrogen-bond acceptors (Lipinski definition) is 2. The molecule has 3 nitrogen and oxygen atoms in total. The van der Waals surface area contributed by atoms with Crippen LogP contribution in [0.3, 0.4) is 0 Å². The SMILES string of the molecule is CC[C@H](C)c1ccccc1NC(=O)c1oc2c(Cl)cccc2c1C. The van der Waals surface area contributed by atoms with E-state index < -0.39 is 0 Å². The summed E-state index contributed by atoms with van der Waals surface area (Å²) in [5.41, 5.74) is 3.30. The molecule has 0 saturated heterocycles. The number of rotatable bonds is 4.